The molecule has 2 rings (SSSR count). The lowest BCUT2D eigenvalue weighted by atomic mass is 9.81. The van der Waals surface area contributed by atoms with Gasteiger partial charge in [0.25, 0.3) is 5.91 Å². The number of esters is 1. The van der Waals surface area contributed by atoms with Gasteiger partial charge in [-0.1, -0.05) is 30.9 Å². The molecule has 6 heteroatoms. The van der Waals surface area contributed by atoms with Crippen LogP contribution in [-0.4, -0.2) is 24.5 Å². The third-order valence-corrected chi connectivity index (χ3v) is 4.04. The Morgan fingerprint density at radius 3 is 2.57 bits per heavy atom. The Kier molecular flexibility index (Phi) is 4.83. The normalized spacial score (nSPS) is 17.1. The van der Waals surface area contributed by atoms with Gasteiger partial charge in [0.05, 0.1) is 12.7 Å². The fourth-order valence-corrected chi connectivity index (χ4v) is 2.86. The summed E-state index contributed by atoms with van der Waals surface area (Å²) >= 11 is 5.79. The summed E-state index contributed by atoms with van der Waals surface area (Å²) in [5.74, 6) is -1.81. The Hall–Kier alpha value is -1.62. The van der Waals surface area contributed by atoms with Crippen LogP contribution >= 0.6 is 11.6 Å². The third kappa shape index (κ3) is 3.35. The zero-order valence-corrected chi connectivity index (χ0v) is 12.5. The first kappa shape index (κ1) is 15.8. The Balaban J connectivity index is 2.26. The number of hydrogen-bond donors (Lipinski definition) is 1. The van der Waals surface area contributed by atoms with Crippen molar-refractivity contribution < 1.29 is 18.7 Å². The topological polar surface area (TPSA) is 55.4 Å². The molecule has 0 heterocycles. The van der Waals surface area contributed by atoms with E-state index in [1.165, 1.54) is 19.2 Å². The highest BCUT2D eigenvalue weighted by molar-refractivity contribution is 6.31. The smallest absolute Gasteiger partial charge is 0.331 e. The quantitative estimate of drug-likeness (QED) is 0.872. The molecule has 4 nitrogen and oxygen atoms in total. The van der Waals surface area contributed by atoms with Gasteiger partial charge in [0.15, 0.2) is 0 Å². The average molecular weight is 314 g/mol. The standard InChI is InChI=1S/C15H17ClFNO3/c1-21-14(20)15(7-3-2-4-8-15)18-13(19)11-9-10(16)5-6-12(11)17/h5-6,9H,2-4,7-8H2,1H3,(H,18,19). The Morgan fingerprint density at radius 2 is 1.95 bits per heavy atom. The third-order valence-electron chi connectivity index (χ3n) is 3.81. The minimum absolute atomic E-state index is 0.170. The predicted octanol–water partition coefficient (Wildman–Crippen LogP) is 3.08. The lowest BCUT2D eigenvalue weighted by Gasteiger charge is -2.35. The van der Waals surface area contributed by atoms with Crippen molar-refractivity contribution in [3.05, 3.63) is 34.6 Å². The number of methoxy groups -OCH3 is 1. The van der Waals surface area contributed by atoms with E-state index >= 15 is 0 Å². The summed E-state index contributed by atoms with van der Waals surface area (Å²) in [6, 6.07) is 3.74. The van der Waals surface area contributed by atoms with Crippen molar-refractivity contribution in [1.82, 2.24) is 5.32 Å². The maximum absolute atomic E-state index is 13.7. The Bertz CT molecular complexity index is 556. The fraction of sp³-hybridized carbons (Fsp3) is 0.467. The van der Waals surface area contributed by atoms with Crippen LogP contribution in [-0.2, 0) is 9.53 Å². The van der Waals surface area contributed by atoms with Crippen LogP contribution < -0.4 is 5.32 Å². The minimum Gasteiger partial charge on any atom is -0.467 e. The van der Waals surface area contributed by atoms with Gasteiger partial charge in [-0.25, -0.2) is 9.18 Å². The number of ether oxygens (including phenoxy) is 1. The second-order valence-corrected chi connectivity index (χ2v) is 5.65. The van der Waals surface area contributed by atoms with Crippen LogP contribution in [0.4, 0.5) is 4.39 Å². The van der Waals surface area contributed by atoms with Crippen LogP contribution in [0.5, 0.6) is 0 Å². The van der Waals surface area contributed by atoms with Gasteiger partial charge in [0, 0.05) is 5.02 Å². The van der Waals surface area contributed by atoms with Crippen molar-refractivity contribution in [2.24, 2.45) is 0 Å². The molecule has 1 aromatic rings. The summed E-state index contributed by atoms with van der Waals surface area (Å²) in [5.41, 5.74) is -1.24. The van der Waals surface area contributed by atoms with Gasteiger partial charge < -0.3 is 10.1 Å². The number of benzene rings is 1. The van der Waals surface area contributed by atoms with E-state index in [0.717, 1.165) is 25.3 Å². The molecule has 0 radical (unpaired) electrons. The second-order valence-electron chi connectivity index (χ2n) is 5.21. The number of carbonyl (C=O) groups excluding carboxylic acids is 2. The molecule has 0 spiro atoms. The largest absolute Gasteiger partial charge is 0.467 e. The summed E-state index contributed by atoms with van der Waals surface area (Å²) in [4.78, 5) is 24.3. The first-order valence-corrected chi connectivity index (χ1v) is 7.22. The minimum atomic E-state index is -1.07. The number of amides is 1. The van der Waals surface area contributed by atoms with Crippen molar-refractivity contribution in [1.29, 1.82) is 0 Å². The van der Waals surface area contributed by atoms with Crippen molar-refractivity contribution in [3.8, 4) is 0 Å². The van der Waals surface area contributed by atoms with E-state index in [0.29, 0.717) is 12.8 Å². The first-order valence-electron chi connectivity index (χ1n) is 6.84. The molecule has 1 fully saturated rings. The summed E-state index contributed by atoms with van der Waals surface area (Å²) in [6.07, 6.45) is 3.61. The van der Waals surface area contributed by atoms with Crippen molar-refractivity contribution >= 4 is 23.5 Å². The van der Waals surface area contributed by atoms with E-state index in [-0.39, 0.29) is 10.6 Å². The van der Waals surface area contributed by atoms with Crippen LogP contribution in [0.3, 0.4) is 0 Å². The number of halogens is 2. The second kappa shape index (κ2) is 6.43. The maximum Gasteiger partial charge on any atom is 0.331 e. The molecule has 0 aromatic heterocycles. The molecule has 1 saturated carbocycles. The Morgan fingerprint density at radius 1 is 1.29 bits per heavy atom. The molecule has 0 saturated heterocycles. The Labute approximate surface area is 127 Å². The van der Waals surface area contributed by atoms with Gasteiger partial charge in [0.2, 0.25) is 0 Å². The first-order chi connectivity index (χ1) is 9.98. The molecule has 1 aromatic carbocycles. The summed E-state index contributed by atoms with van der Waals surface area (Å²) in [5, 5.41) is 2.92. The van der Waals surface area contributed by atoms with Crippen LogP contribution in [0.2, 0.25) is 5.02 Å². The monoisotopic (exact) mass is 313 g/mol. The molecule has 0 bridgehead atoms. The maximum atomic E-state index is 13.7. The van der Waals surface area contributed by atoms with Gasteiger partial charge in [-0.15, -0.1) is 0 Å². The number of nitrogens with one attached hydrogen (secondary N) is 1. The van der Waals surface area contributed by atoms with Gasteiger partial charge >= 0.3 is 5.97 Å². The summed E-state index contributed by atoms with van der Waals surface area (Å²) < 4.78 is 18.6. The molecule has 0 atom stereocenters. The van der Waals surface area contributed by atoms with E-state index < -0.39 is 23.2 Å². The molecular formula is C15H17ClFNO3. The highest BCUT2D eigenvalue weighted by atomic mass is 35.5. The summed E-state index contributed by atoms with van der Waals surface area (Å²) in [7, 11) is 1.28. The molecular weight excluding hydrogens is 297 g/mol. The van der Waals surface area contributed by atoms with Crippen molar-refractivity contribution in [2.75, 3.05) is 7.11 Å². The van der Waals surface area contributed by atoms with E-state index in [9.17, 15) is 14.0 Å². The molecule has 1 aliphatic rings. The van der Waals surface area contributed by atoms with Gasteiger partial charge in [-0.2, -0.15) is 0 Å². The molecule has 21 heavy (non-hydrogen) atoms. The lowest BCUT2D eigenvalue weighted by Crippen LogP contribution is -2.56. The lowest BCUT2D eigenvalue weighted by molar-refractivity contribution is -0.149. The fourth-order valence-electron chi connectivity index (χ4n) is 2.69. The zero-order chi connectivity index (χ0) is 15.5. The predicted molar refractivity (Wildman–Crippen MR) is 76.7 cm³/mol. The van der Waals surface area contributed by atoms with Crippen molar-refractivity contribution in [3.63, 3.8) is 0 Å². The van der Waals surface area contributed by atoms with Gasteiger partial charge in [-0.05, 0) is 31.0 Å². The zero-order valence-electron chi connectivity index (χ0n) is 11.7. The molecule has 1 amide bonds. The van der Waals surface area contributed by atoms with E-state index in [1.807, 2.05) is 0 Å². The number of rotatable bonds is 3. The van der Waals surface area contributed by atoms with Crippen LogP contribution in [0.15, 0.2) is 18.2 Å². The SMILES string of the molecule is COC(=O)C1(NC(=O)c2cc(Cl)ccc2F)CCCCC1. The van der Waals surface area contributed by atoms with E-state index in [1.54, 1.807) is 0 Å². The van der Waals surface area contributed by atoms with E-state index in [4.69, 9.17) is 16.3 Å². The van der Waals surface area contributed by atoms with Crippen LogP contribution in [0.1, 0.15) is 42.5 Å². The van der Waals surface area contributed by atoms with Gasteiger partial charge in [-0.3, -0.25) is 4.79 Å². The highest BCUT2D eigenvalue weighted by Gasteiger charge is 2.42. The van der Waals surface area contributed by atoms with E-state index in [2.05, 4.69) is 5.32 Å². The summed E-state index contributed by atoms with van der Waals surface area (Å²) in [6.45, 7) is 0. The molecule has 114 valence electrons. The van der Waals surface area contributed by atoms with Gasteiger partial charge in [0.1, 0.15) is 11.4 Å². The van der Waals surface area contributed by atoms with Crippen LogP contribution in [0.25, 0.3) is 0 Å². The molecule has 0 aliphatic heterocycles. The molecule has 0 unspecified atom stereocenters. The number of hydrogen-bond acceptors (Lipinski definition) is 3. The average Bonchev–Trinajstić information content (AvgIpc) is 2.49. The highest BCUT2D eigenvalue weighted by Crippen LogP contribution is 2.30. The van der Waals surface area contributed by atoms with Crippen LogP contribution in [0, 0.1) is 5.82 Å². The van der Waals surface area contributed by atoms with Crippen molar-refractivity contribution in [2.45, 2.75) is 37.6 Å². The molecule has 1 aliphatic carbocycles. The number of carbonyl (C=O) groups is 2. The molecule has 1 N–H and O–H groups in total.